The molecule has 1 amide bonds. The maximum atomic E-state index is 10.9. The molecular formula is C14H24N4O4. The van der Waals surface area contributed by atoms with E-state index in [1.165, 1.54) is 0 Å². The molecule has 0 saturated heterocycles. The highest BCUT2D eigenvalue weighted by molar-refractivity contribution is 5.84. The van der Waals surface area contributed by atoms with E-state index in [0.29, 0.717) is 31.2 Å². The molecular weight excluding hydrogens is 288 g/mol. The van der Waals surface area contributed by atoms with Crippen LogP contribution in [0.5, 0.6) is 5.88 Å². The Balaban J connectivity index is 2.04. The van der Waals surface area contributed by atoms with Crippen molar-refractivity contribution < 1.29 is 19.4 Å². The van der Waals surface area contributed by atoms with E-state index in [0.717, 1.165) is 25.7 Å². The number of aromatic nitrogens is 2. The van der Waals surface area contributed by atoms with Crippen LogP contribution in [0.1, 0.15) is 38.1 Å². The van der Waals surface area contributed by atoms with Crippen LogP contribution < -0.4 is 15.8 Å². The van der Waals surface area contributed by atoms with Crippen molar-refractivity contribution in [2.24, 2.45) is 5.73 Å². The van der Waals surface area contributed by atoms with Gasteiger partial charge in [-0.25, -0.2) is 4.79 Å². The number of carboxylic acid groups (broad SMARTS) is 1. The van der Waals surface area contributed by atoms with Crippen LogP contribution in [0.25, 0.3) is 0 Å². The number of nitrogens with one attached hydrogen (secondary N) is 1. The topological polar surface area (TPSA) is 112 Å². The molecule has 1 heterocycles. The SMILES string of the molecule is COCCCOc1nn(C2CCC(N)CC2)cc1NC(=O)O. The lowest BCUT2D eigenvalue weighted by molar-refractivity contribution is 0.170. The van der Waals surface area contributed by atoms with Gasteiger partial charge in [-0.3, -0.25) is 10.00 Å². The minimum atomic E-state index is -1.13. The second-order valence-corrected chi connectivity index (χ2v) is 5.52. The Labute approximate surface area is 129 Å². The summed E-state index contributed by atoms with van der Waals surface area (Å²) in [6.45, 7) is 1.01. The number of rotatable bonds is 7. The van der Waals surface area contributed by atoms with Crippen LogP contribution in [-0.4, -0.2) is 47.3 Å². The van der Waals surface area contributed by atoms with Crippen molar-refractivity contribution in [3.8, 4) is 5.88 Å². The van der Waals surface area contributed by atoms with E-state index >= 15 is 0 Å². The van der Waals surface area contributed by atoms with Crippen LogP contribution in [0.4, 0.5) is 10.5 Å². The monoisotopic (exact) mass is 312 g/mol. The molecule has 1 aromatic heterocycles. The van der Waals surface area contributed by atoms with Crippen molar-refractivity contribution in [1.29, 1.82) is 0 Å². The lowest BCUT2D eigenvalue weighted by Crippen LogP contribution is -2.28. The van der Waals surface area contributed by atoms with Crippen molar-refractivity contribution >= 4 is 11.8 Å². The fourth-order valence-corrected chi connectivity index (χ4v) is 2.61. The number of amides is 1. The normalized spacial score (nSPS) is 21.5. The maximum absolute atomic E-state index is 10.9. The molecule has 1 fully saturated rings. The molecule has 4 N–H and O–H groups in total. The third kappa shape index (κ3) is 4.60. The van der Waals surface area contributed by atoms with Gasteiger partial charge in [0.1, 0.15) is 5.69 Å². The first-order valence-electron chi connectivity index (χ1n) is 7.56. The van der Waals surface area contributed by atoms with Gasteiger partial charge in [0.2, 0.25) is 0 Å². The van der Waals surface area contributed by atoms with Gasteiger partial charge in [-0.15, -0.1) is 5.10 Å². The summed E-state index contributed by atoms with van der Waals surface area (Å²) in [4.78, 5) is 10.9. The molecule has 0 aromatic carbocycles. The van der Waals surface area contributed by atoms with Crippen LogP contribution in [-0.2, 0) is 4.74 Å². The fourth-order valence-electron chi connectivity index (χ4n) is 2.61. The molecule has 0 bridgehead atoms. The summed E-state index contributed by atoms with van der Waals surface area (Å²) < 4.78 is 12.3. The van der Waals surface area contributed by atoms with E-state index in [9.17, 15) is 4.79 Å². The Hall–Kier alpha value is -1.80. The zero-order valence-corrected chi connectivity index (χ0v) is 12.8. The van der Waals surface area contributed by atoms with Crippen molar-refractivity contribution in [3.63, 3.8) is 0 Å². The lowest BCUT2D eigenvalue weighted by Gasteiger charge is -2.26. The van der Waals surface area contributed by atoms with Gasteiger partial charge in [-0.2, -0.15) is 0 Å². The van der Waals surface area contributed by atoms with E-state index < -0.39 is 6.09 Å². The quantitative estimate of drug-likeness (QED) is 0.662. The zero-order valence-electron chi connectivity index (χ0n) is 12.8. The largest absolute Gasteiger partial charge is 0.475 e. The van der Waals surface area contributed by atoms with Gasteiger partial charge in [0, 0.05) is 26.2 Å². The molecule has 0 spiro atoms. The lowest BCUT2D eigenvalue weighted by atomic mass is 9.92. The van der Waals surface area contributed by atoms with Crippen LogP contribution in [0.2, 0.25) is 0 Å². The number of nitrogens with two attached hydrogens (primary N) is 1. The summed E-state index contributed by atoms with van der Waals surface area (Å²) in [5.74, 6) is 0.313. The molecule has 22 heavy (non-hydrogen) atoms. The summed E-state index contributed by atoms with van der Waals surface area (Å²) in [7, 11) is 1.62. The highest BCUT2D eigenvalue weighted by atomic mass is 16.5. The zero-order chi connectivity index (χ0) is 15.9. The fraction of sp³-hybridized carbons (Fsp3) is 0.714. The van der Waals surface area contributed by atoms with Crippen LogP contribution in [0.15, 0.2) is 6.20 Å². The van der Waals surface area contributed by atoms with Crippen LogP contribution in [0.3, 0.4) is 0 Å². The molecule has 1 aliphatic carbocycles. The average molecular weight is 312 g/mol. The minimum absolute atomic E-state index is 0.241. The first-order valence-corrected chi connectivity index (χ1v) is 7.56. The standard InChI is InChI=1S/C14H24N4O4/c1-21-7-2-8-22-13-12(16-14(19)20)9-18(17-13)11-5-3-10(15)4-6-11/h9-11,16H,2-8,15H2,1H3,(H,19,20). The number of hydrogen-bond acceptors (Lipinski definition) is 5. The van der Waals surface area contributed by atoms with Crippen molar-refractivity contribution in [3.05, 3.63) is 6.20 Å². The van der Waals surface area contributed by atoms with Crippen LogP contribution in [0, 0.1) is 0 Å². The summed E-state index contributed by atoms with van der Waals surface area (Å²) in [6, 6.07) is 0.499. The van der Waals surface area contributed by atoms with Crippen molar-refractivity contribution in [1.82, 2.24) is 9.78 Å². The van der Waals surface area contributed by atoms with E-state index in [2.05, 4.69) is 10.4 Å². The van der Waals surface area contributed by atoms with Gasteiger partial charge in [0.15, 0.2) is 0 Å². The molecule has 0 radical (unpaired) electrons. The summed E-state index contributed by atoms with van der Waals surface area (Å²) >= 11 is 0. The molecule has 1 saturated carbocycles. The number of hydrogen-bond donors (Lipinski definition) is 3. The molecule has 0 unspecified atom stereocenters. The number of nitrogens with zero attached hydrogens (tertiary/aromatic N) is 2. The maximum Gasteiger partial charge on any atom is 0.409 e. The van der Waals surface area contributed by atoms with Gasteiger partial charge in [0.25, 0.3) is 5.88 Å². The van der Waals surface area contributed by atoms with E-state index in [1.54, 1.807) is 18.0 Å². The van der Waals surface area contributed by atoms with Crippen molar-refractivity contribution in [2.75, 3.05) is 25.6 Å². The first-order chi connectivity index (χ1) is 10.6. The second kappa shape index (κ2) is 8.00. The van der Waals surface area contributed by atoms with E-state index in [1.807, 2.05) is 0 Å². The summed E-state index contributed by atoms with van der Waals surface area (Å²) in [6.07, 6.45) is 5.07. The molecule has 1 aromatic rings. The third-order valence-corrected chi connectivity index (χ3v) is 3.79. The first kappa shape index (κ1) is 16.6. The van der Waals surface area contributed by atoms with Crippen LogP contribution >= 0.6 is 0 Å². The van der Waals surface area contributed by atoms with E-state index in [-0.39, 0.29) is 12.1 Å². The van der Waals surface area contributed by atoms with Gasteiger partial charge in [-0.1, -0.05) is 0 Å². The van der Waals surface area contributed by atoms with Gasteiger partial charge < -0.3 is 20.3 Å². The Morgan fingerprint density at radius 3 is 2.82 bits per heavy atom. The average Bonchev–Trinajstić information content (AvgIpc) is 2.86. The molecule has 2 rings (SSSR count). The molecule has 0 aliphatic heterocycles. The number of methoxy groups -OCH3 is 1. The minimum Gasteiger partial charge on any atom is -0.475 e. The Morgan fingerprint density at radius 1 is 1.45 bits per heavy atom. The Bertz CT molecular complexity index is 483. The van der Waals surface area contributed by atoms with Gasteiger partial charge in [0.05, 0.1) is 18.8 Å². The molecule has 8 heteroatoms. The van der Waals surface area contributed by atoms with Gasteiger partial charge >= 0.3 is 6.09 Å². The second-order valence-electron chi connectivity index (χ2n) is 5.52. The predicted octanol–water partition coefficient (Wildman–Crippen LogP) is 1.83. The molecule has 8 nitrogen and oxygen atoms in total. The predicted molar refractivity (Wildman–Crippen MR) is 81.3 cm³/mol. The highest BCUT2D eigenvalue weighted by Gasteiger charge is 2.23. The highest BCUT2D eigenvalue weighted by Crippen LogP contribution is 2.31. The smallest absolute Gasteiger partial charge is 0.409 e. The van der Waals surface area contributed by atoms with Crippen molar-refractivity contribution in [2.45, 2.75) is 44.2 Å². The van der Waals surface area contributed by atoms with Gasteiger partial charge in [-0.05, 0) is 25.7 Å². The third-order valence-electron chi connectivity index (χ3n) is 3.79. The molecule has 124 valence electrons. The molecule has 0 atom stereocenters. The number of anilines is 1. The Kier molecular flexibility index (Phi) is 6.02. The summed E-state index contributed by atoms with van der Waals surface area (Å²) in [5.41, 5.74) is 6.29. The molecule has 1 aliphatic rings. The van der Waals surface area contributed by atoms with E-state index in [4.69, 9.17) is 20.3 Å². The summed E-state index contributed by atoms with van der Waals surface area (Å²) in [5, 5.41) is 15.6. The Morgan fingerprint density at radius 2 is 2.18 bits per heavy atom. The number of carbonyl (C=O) groups is 1. The number of ether oxygens (including phenoxy) is 2.